The number of phenolic OH excluding ortho intramolecular Hbond substituents is 1. The highest BCUT2D eigenvalue weighted by Crippen LogP contribution is 2.35. The van der Waals surface area contributed by atoms with Crippen molar-refractivity contribution in [1.29, 1.82) is 0 Å². The van der Waals surface area contributed by atoms with Crippen molar-refractivity contribution in [1.82, 2.24) is 0 Å². The third kappa shape index (κ3) is 2.85. The lowest BCUT2D eigenvalue weighted by Gasteiger charge is -2.10. The first-order valence-electron chi connectivity index (χ1n) is 5.39. The van der Waals surface area contributed by atoms with E-state index in [0.717, 1.165) is 0 Å². The maximum atomic E-state index is 10.6. The van der Waals surface area contributed by atoms with Crippen LogP contribution in [0.5, 0.6) is 17.2 Å². The molecular formula is C13H10BrNO4. The molecule has 0 aromatic heterocycles. The highest BCUT2D eigenvalue weighted by atomic mass is 79.9. The fourth-order valence-corrected chi connectivity index (χ4v) is 1.97. The Morgan fingerprint density at radius 3 is 2.63 bits per heavy atom. The Kier molecular flexibility index (Phi) is 3.71. The molecule has 5 nitrogen and oxygen atoms in total. The lowest BCUT2D eigenvalue weighted by molar-refractivity contribution is -0.384. The molecule has 19 heavy (non-hydrogen) atoms. The summed E-state index contributed by atoms with van der Waals surface area (Å²) in [6.07, 6.45) is 0. The smallest absolute Gasteiger partial charge is 0.270 e. The second-order valence-corrected chi connectivity index (χ2v) is 4.73. The van der Waals surface area contributed by atoms with Crippen LogP contribution in [0.15, 0.2) is 40.9 Å². The molecule has 0 aliphatic carbocycles. The Morgan fingerprint density at radius 1 is 1.26 bits per heavy atom. The minimum absolute atomic E-state index is 0.0214. The number of non-ortho nitro benzene ring substituents is 1. The van der Waals surface area contributed by atoms with Crippen molar-refractivity contribution in [2.45, 2.75) is 6.92 Å². The molecule has 0 radical (unpaired) electrons. The molecular weight excluding hydrogens is 314 g/mol. The van der Waals surface area contributed by atoms with Gasteiger partial charge in [-0.15, -0.1) is 0 Å². The minimum Gasteiger partial charge on any atom is -0.508 e. The molecule has 0 aliphatic rings. The van der Waals surface area contributed by atoms with Gasteiger partial charge in [-0.25, -0.2) is 0 Å². The fourth-order valence-electron chi connectivity index (χ4n) is 1.52. The monoisotopic (exact) mass is 323 g/mol. The number of hydrogen-bond acceptors (Lipinski definition) is 4. The molecule has 0 saturated heterocycles. The van der Waals surface area contributed by atoms with E-state index in [1.165, 1.54) is 18.2 Å². The topological polar surface area (TPSA) is 72.6 Å². The third-order valence-electron chi connectivity index (χ3n) is 2.60. The quantitative estimate of drug-likeness (QED) is 0.679. The molecule has 98 valence electrons. The first-order chi connectivity index (χ1) is 8.99. The van der Waals surface area contributed by atoms with Gasteiger partial charge >= 0.3 is 0 Å². The summed E-state index contributed by atoms with van der Waals surface area (Å²) < 4.78 is 6.10. The van der Waals surface area contributed by atoms with Crippen LogP contribution in [0.25, 0.3) is 0 Å². The summed E-state index contributed by atoms with van der Waals surface area (Å²) in [7, 11) is 0. The third-order valence-corrected chi connectivity index (χ3v) is 3.22. The van der Waals surface area contributed by atoms with E-state index in [9.17, 15) is 15.2 Å². The van der Waals surface area contributed by atoms with E-state index in [2.05, 4.69) is 15.9 Å². The molecule has 2 aromatic rings. The number of aromatic hydroxyl groups is 1. The lowest BCUT2D eigenvalue weighted by Crippen LogP contribution is -1.91. The van der Waals surface area contributed by atoms with Gasteiger partial charge in [0.2, 0.25) is 0 Å². The summed E-state index contributed by atoms with van der Waals surface area (Å²) >= 11 is 3.22. The van der Waals surface area contributed by atoms with Gasteiger partial charge in [-0.2, -0.15) is 0 Å². The average molecular weight is 324 g/mol. The number of nitrogens with zero attached hydrogens (tertiary/aromatic N) is 1. The molecule has 0 atom stereocenters. The Balaban J connectivity index is 2.34. The largest absolute Gasteiger partial charge is 0.508 e. The van der Waals surface area contributed by atoms with Gasteiger partial charge in [-0.1, -0.05) is 6.07 Å². The summed E-state index contributed by atoms with van der Waals surface area (Å²) in [4.78, 5) is 10.2. The van der Waals surface area contributed by atoms with E-state index < -0.39 is 4.92 Å². The number of benzene rings is 2. The molecule has 0 bridgehead atoms. The van der Waals surface area contributed by atoms with E-state index in [1.807, 2.05) is 0 Å². The van der Waals surface area contributed by atoms with E-state index in [1.54, 1.807) is 25.1 Å². The second-order valence-electron chi connectivity index (χ2n) is 3.87. The van der Waals surface area contributed by atoms with Gasteiger partial charge in [0.15, 0.2) is 0 Å². The molecule has 0 spiro atoms. The van der Waals surface area contributed by atoms with Gasteiger partial charge in [-0.05, 0) is 41.1 Å². The number of rotatable bonds is 3. The molecule has 0 fully saturated rings. The molecule has 0 amide bonds. The van der Waals surface area contributed by atoms with Crippen LogP contribution in [0.1, 0.15) is 5.56 Å². The summed E-state index contributed by atoms with van der Waals surface area (Å²) in [6.45, 7) is 1.73. The first kappa shape index (κ1) is 13.4. The molecule has 1 N–H and O–H groups in total. The van der Waals surface area contributed by atoms with Gasteiger partial charge in [0.05, 0.1) is 9.40 Å². The molecule has 2 rings (SSSR count). The normalized spacial score (nSPS) is 10.2. The van der Waals surface area contributed by atoms with Gasteiger partial charge in [0.1, 0.15) is 17.2 Å². The van der Waals surface area contributed by atoms with Crippen molar-refractivity contribution in [3.8, 4) is 17.2 Å². The molecule has 0 unspecified atom stereocenters. The Hall–Kier alpha value is -2.08. The Bertz CT molecular complexity index is 643. The molecule has 0 heterocycles. The van der Waals surface area contributed by atoms with Gasteiger partial charge in [-0.3, -0.25) is 10.1 Å². The van der Waals surface area contributed by atoms with Crippen molar-refractivity contribution in [2.75, 3.05) is 0 Å². The standard InChI is InChI=1S/C13H10BrNO4/c1-8-11(16)3-2-4-12(8)19-13-6-5-9(15(17)18)7-10(13)14/h2-7,16H,1H3. The van der Waals surface area contributed by atoms with Crippen LogP contribution >= 0.6 is 15.9 Å². The van der Waals surface area contributed by atoms with Crippen LogP contribution in [0.2, 0.25) is 0 Å². The van der Waals surface area contributed by atoms with Gasteiger partial charge in [0, 0.05) is 17.7 Å². The summed E-state index contributed by atoms with van der Waals surface area (Å²) in [5, 5.41) is 20.2. The number of halogens is 1. The zero-order valence-corrected chi connectivity index (χ0v) is 11.5. The van der Waals surface area contributed by atoms with Crippen molar-refractivity contribution >= 4 is 21.6 Å². The SMILES string of the molecule is Cc1c(O)cccc1Oc1ccc([N+](=O)[O-])cc1Br. The maximum absolute atomic E-state index is 10.6. The molecule has 0 saturated carbocycles. The molecule has 6 heteroatoms. The highest BCUT2D eigenvalue weighted by Gasteiger charge is 2.12. The summed E-state index contributed by atoms with van der Waals surface area (Å²) in [5.74, 6) is 1.07. The zero-order valence-electron chi connectivity index (χ0n) is 9.96. The average Bonchev–Trinajstić information content (AvgIpc) is 2.37. The lowest BCUT2D eigenvalue weighted by atomic mass is 10.2. The van der Waals surface area contributed by atoms with Crippen LogP contribution in [0.3, 0.4) is 0 Å². The van der Waals surface area contributed by atoms with E-state index >= 15 is 0 Å². The highest BCUT2D eigenvalue weighted by molar-refractivity contribution is 9.10. The molecule has 2 aromatic carbocycles. The predicted octanol–water partition coefficient (Wildman–Crippen LogP) is 4.16. The van der Waals surface area contributed by atoms with Crippen molar-refractivity contribution < 1.29 is 14.8 Å². The van der Waals surface area contributed by atoms with Crippen molar-refractivity contribution in [3.63, 3.8) is 0 Å². The van der Waals surface area contributed by atoms with Gasteiger partial charge < -0.3 is 9.84 Å². The fraction of sp³-hybridized carbons (Fsp3) is 0.0769. The van der Waals surface area contributed by atoms with Crippen LogP contribution < -0.4 is 4.74 Å². The summed E-state index contributed by atoms with van der Waals surface area (Å²) in [5.41, 5.74) is 0.583. The van der Waals surface area contributed by atoms with E-state index in [4.69, 9.17) is 4.74 Å². The van der Waals surface area contributed by atoms with Crippen molar-refractivity contribution in [3.05, 3.63) is 56.5 Å². The number of phenols is 1. The zero-order chi connectivity index (χ0) is 14.0. The number of hydrogen-bond donors (Lipinski definition) is 1. The van der Waals surface area contributed by atoms with Crippen LogP contribution in [0.4, 0.5) is 5.69 Å². The van der Waals surface area contributed by atoms with Crippen LogP contribution in [0, 0.1) is 17.0 Å². The number of nitro benzene ring substituents is 1. The maximum Gasteiger partial charge on any atom is 0.270 e. The second kappa shape index (κ2) is 5.27. The minimum atomic E-state index is -0.478. The first-order valence-corrected chi connectivity index (χ1v) is 6.18. The van der Waals surface area contributed by atoms with Crippen LogP contribution in [-0.4, -0.2) is 10.0 Å². The number of ether oxygens (including phenoxy) is 1. The van der Waals surface area contributed by atoms with Crippen molar-refractivity contribution in [2.24, 2.45) is 0 Å². The van der Waals surface area contributed by atoms with Crippen LogP contribution in [-0.2, 0) is 0 Å². The molecule has 0 aliphatic heterocycles. The Labute approximate surface area is 117 Å². The summed E-state index contributed by atoms with van der Waals surface area (Å²) in [6, 6.07) is 9.17. The number of nitro groups is 1. The van der Waals surface area contributed by atoms with Gasteiger partial charge in [0.25, 0.3) is 5.69 Å². The van der Waals surface area contributed by atoms with E-state index in [0.29, 0.717) is 21.5 Å². The predicted molar refractivity (Wildman–Crippen MR) is 73.7 cm³/mol. The Morgan fingerprint density at radius 2 is 2.00 bits per heavy atom. The van der Waals surface area contributed by atoms with E-state index in [-0.39, 0.29) is 11.4 Å².